The van der Waals surface area contributed by atoms with Crippen molar-refractivity contribution in [3.8, 4) is 0 Å². The molecule has 0 spiro atoms. The molecule has 1 saturated heterocycles. The van der Waals surface area contributed by atoms with Gasteiger partial charge in [0.05, 0.1) is 5.92 Å². The maximum atomic E-state index is 12.6. The fourth-order valence-electron chi connectivity index (χ4n) is 4.75. The van der Waals surface area contributed by atoms with Crippen LogP contribution in [0.15, 0.2) is 24.3 Å². The first-order valence-corrected chi connectivity index (χ1v) is 10.1. The number of fused-ring (bicyclic) bond motifs is 1. The Morgan fingerprint density at radius 1 is 1.12 bits per heavy atom. The van der Waals surface area contributed by atoms with Crippen molar-refractivity contribution in [1.29, 1.82) is 0 Å². The second kappa shape index (κ2) is 7.68. The van der Waals surface area contributed by atoms with Crippen LogP contribution in [-0.2, 0) is 16.0 Å². The Kier molecular flexibility index (Phi) is 5.14. The van der Waals surface area contributed by atoms with Crippen molar-refractivity contribution in [3.63, 3.8) is 0 Å². The third-order valence-electron chi connectivity index (χ3n) is 6.24. The quantitative estimate of drug-likeness (QED) is 0.882. The Hall–Kier alpha value is -2.04. The number of piperidine rings is 1. The van der Waals surface area contributed by atoms with Crippen LogP contribution < -0.4 is 10.2 Å². The lowest BCUT2D eigenvalue weighted by Gasteiger charge is -2.36. The highest BCUT2D eigenvalue weighted by Crippen LogP contribution is 2.29. The van der Waals surface area contributed by atoms with Crippen molar-refractivity contribution in [3.05, 3.63) is 29.8 Å². The second-order valence-corrected chi connectivity index (χ2v) is 7.88. The number of benzene rings is 1. The van der Waals surface area contributed by atoms with Crippen molar-refractivity contribution in [2.24, 2.45) is 5.92 Å². The van der Waals surface area contributed by atoms with Crippen LogP contribution in [-0.4, -0.2) is 48.9 Å². The van der Waals surface area contributed by atoms with E-state index in [9.17, 15) is 9.59 Å². The molecule has 5 nitrogen and oxygen atoms in total. The third kappa shape index (κ3) is 3.57. The minimum Gasteiger partial charge on any atom is -0.369 e. The number of hydrogen-bond donors (Lipinski definition) is 1. The van der Waals surface area contributed by atoms with E-state index in [1.165, 1.54) is 24.1 Å². The zero-order chi connectivity index (χ0) is 17.9. The van der Waals surface area contributed by atoms with Crippen molar-refractivity contribution >= 4 is 17.5 Å². The summed E-state index contributed by atoms with van der Waals surface area (Å²) in [5.41, 5.74) is 2.70. The molecule has 1 saturated carbocycles. The van der Waals surface area contributed by atoms with E-state index in [4.69, 9.17) is 0 Å². The summed E-state index contributed by atoms with van der Waals surface area (Å²) in [6.07, 6.45) is 6.94. The molecule has 3 aliphatic rings. The zero-order valence-corrected chi connectivity index (χ0v) is 15.5. The molecule has 1 aliphatic carbocycles. The van der Waals surface area contributed by atoms with E-state index in [1.807, 2.05) is 4.90 Å². The number of anilines is 1. The lowest BCUT2D eigenvalue weighted by molar-refractivity contribution is -0.140. The van der Waals surface area contributed by atoms with Gasteiger partial charge in [0.25, 0.3) is 0 Å². The van der Waals surface area contributed by atoms with E-state index in [2.05, 4.69) is 34.5 Å². The molecule has 2 amide bonds. The number of likely N-dealkylation sites (tertiary alicyclic amines) is 1. The zero-order valence-electron chi connectivity index (χ0n) is 15.5. The highest BCUT2D eigenvalue weighted by atomic mass is 16.2. The van der Waals surface area contributed by atoms with Gasteiger partial charge in [0.1, 0.15) is 0 Å². The maximum Gasteiger partial charge on any atom is 0.224 e. The number of nitrogens with one attached hydrogen (secondary N) is 1. The molecule has 1 unspecified atom stereocenters. The van der Waals surface area contributed by atoms with Gasteiger partial charge in [-0.3, -0.25) is 9.59 Å². The van der Waals surface area contributed by atoms with Crippen molar-refractivity contribution in [2.45, 2.75) is 51.0 Å². The van der Waals surface area contributed by atoms with Gasteiger partial charge in [-0.1, -0.05) is 31.0 Å². The Balaban J connectivity index is 1.26. The van der Waals surface area contributed by atoms with Gasteiger partial charge in [-0.15, -0.1) is 0 Å². The Morgan fingerprint density at radius 2 is 1.92 bits per heavy atom. The van der Waals surface area contributed by atoms with Crippen LogP contribution in [0.1, 0.15) is 44.1 Å². The highest BCUT2D eigenvalue weighted by Gasteiger charge is 2.35. The topological polar surface area (TPSA) is 52.7 Å². The average molecular weight is 355 g/mol. The van der Waals surface area contributed by atoms with E-state index >= 15 is 0 Å². The average Bonchev–Trinajstić information content (AvgIpc) is 3.32. The summed E-state index contributed by atoms with van der Waals surface area (Å²) in [7, 11) is 0. The highest BCUT2D eigenvalue weighted by molar-refractivity contribution is 5.84. The van der Waals surface area contributed by atoms with E-state index in [1.54, 1.807) is 0 Å². The molecule has 26 heavy (non-hydrogen) atoms. The van der Waals surface area contributed by atoms with Gasteiger partial charge < -0.3 is 15.1 Å². The molecule has 2 heterocycles. The van der Waals surface area contributed by atoms with Crippen molar-refractivity contribution in [2.75, 3.05) is 31.1 Å². The van der Waals surface area contributed by atoms with E-state index in [-0.39, 0.29) is 17.7 Å². The molecule has 140 valence electrons. The largest absolute Gasteiger partial charge is 0.369 e. The lowest BCUT2D eigenvalue weighted by Crippen LogP contribution is -2.49. The summed E-state index contributed by atoms with van der Waals surface area (Å²) in [4.78, 5) is 29.2. The first-order chi connectivity index (χ1) is 12.7. The van der Waals surface area contributed by atoms with Crippen molar-refractivity contribution in [1.82, 2.24) is 10.2 Å². The molecule has 1 aromatic carbocycles. The van der Waals surface area contributed by atoms with Gasteiger partial charge in [-0.25, -0.2) is 0 Å². The summed E-state index contributed by atoms with van der Waals surface area (Å²) in [5, 5.41) is 3.12. The van der Waals surface area contributed by atoms with Gasteiger partial charge in [-0.05, 0) is 37.3 Å². The molecule has 1 N–H and O–H groups in total. The van der Waals surface area contributed by atoms with Crippen LogP contribution in [0.5, 0.6) is 0 Å². The standard InChI is InChI=1S/C21H29N3O2/c25-20-10-9-17(15-24(20)18-6-2-3-7-18)21(26)22-12-14-23-13-11-16-5-1-4-8-19(16)23/h1,4-5,8,17-18H,2-3,6-7,9-15H2,(H,22,26). The second-order valence-electron chi connectivity index (χ2n) is 7.88. The molecule has 4 rings (SSSR count). The first kappa shape index (κ1) is 17.4. The molecule has 0 bridgehead atoms. The van der Waals surface area contributed by atoms with Crippen molar-refractivity contribution < 1.29 is 9.59 Å². The monoisotopic (exact) mass is 355 g/mol. The maximum absolute atomic E-state index is 12.6. The summed E-state index contributed by atoms with van der Waals surface area (Å²) < 4.78 is 0. The molecular weight excluding hydrogens is 326 g/mol. The fourth-order valence-corrected chi connectivity index (χ4v) is 4.75. The van der Waals surface area contributed by atoms with Crippen LogP contribution in [0.4, 0.5) is 5.69 Å². The summed E-state index contributed by atoms with van der Waals surface area (Å²) >= 11 is 0. The first-order valence-electron chi connectivity index (χ1n) is 10.1. The van der Waals surface area contributed by atoms with Crippen LogP contribution >= 0.6 is 0 Å². The number of rotatable bonds is 5. The van der Waals surface area contributed by atoms with Gasteiger partial charge >= 0.3 is 0 Å². The van der Waals surface area contributed by atoms with Gasteiger partial charge in [0.2, 0.25) is 11.8 Å². The lowest BCUT2D eigenvalue weighted by atomic mass is 9.95. The van der Waals surface area contributed by atoms with Gasteiger partial charge in [0, 0.05) is 44.3 Å². The number of para-hydroxylation sites is 1. The van der Waals surface area contributed by atoms with E-state index in [0.29, 0.717) is 32.0 Å². The Labute approximate surface area is 155 Å². The van der Waals surface area contributed by atoms with E-state index < -0.39 is 0 Å². The number of amides is 2. The Morgan fingerprint density at radius 3 is 2.77 bits per heavy atom. The van der Waals surface area contributed by atoms with Crippen LogP contribution in [0.25, 0.3) is 0 Å². The Bertz CT molecular complexity index is 669. The number of hydrogen-bond acceptors (Lipinski definition) is 3. The summed E-state index contributed by atoms with van der Waals surface area (Å²) in [6.45, 7) is 3.16. The van der Waals surface area contributed by atoms with Crippen LogP contribution in [0.3, 0.4) is 0 Å². The van der Waals surface area contributed by atoms with E-state index in [0.717, 1.165) is 32.4 Å². The normalized spacial score (nSPS) is 23.4. The fraction of sp³-hybridized carbons (Fsp3) is 0.619. The van der Waals surface area contributed by atoms with Crippen LogP contribution in [0, 0.1) is 5.92 Å². The summed E-state index contributed by atoms with van der Waals surface area (Å²) in [5.74, 6) is 0.321. The molecule has 0 radical (unpaired) electrons. The molecule has 2 aliphatic heterocycles. The SMILES string of the molecule is O=C(NCCN1CCc2ccccc21)C1CCC(=O)N(C2CCCC2)C1. The number of nitrogens with zero attached hydrogens (tertiary/aromatic N) is 2. The predicted octanol–water partition coefficient (Wildman–Crippen LogP) is 2.35. The molecule has 1 atom stereocenters. The molecule has 1 aromatic rings. The van der Waals surface area contributed by atoms with Crippen LogP contribution in [0.2, 0.25) is 0 Å². The number of carbonyl (C=O) groups excluding carboxylic acids is 2. The third-order valence-corrected chi connectivity index (χ3v) is 6.24. The summed E-state index contributed by atoms with van der Waals surface area (Å²) in [6, 6.07) is 8.89. The predicted molar refractivity (Wildman–Crippen MR) is 102 cm³/mol. The number of carbonyl (C=O) groups is 2. The smallest absolute Gasteiger partial charge is 0.224 e. The molecule has 5 heteroatoms. The van der Waals surface area contributed by atoms with Gasteiger partial charge in [-0.2, -0.15) is 0 Å². The minimum atomic E-state index is -0.0424. The molecular formula is C21H29N3O2. The molecule has 2 fully saturated rings. The minimum absolute atomic E-state index is 0.0424. The van der Waals surface area contributed by atoms with Gasteiger partial charge in [0.15, 0.2) is 0 Å². The molecule has 0 aromatic heterocycles.